The molecule has 53 heavy (non-hydrogen) atoms. The Balaban J connectivity index is 0.000000504. The van der Waals surface area contributed by atoms with Crippen molar-refractivity contribution in [2.45, 2.75) is 20.5 Å². The molecule has 2 aromatic heterocycles. The van der Waals surface area contributed by atoms with Gasteiger partial charge in [-0.15, -0.1) is 0 Å². The van der Waals surface area contributed by atoms with Crippen molar-refractivity contribution in [3.63, 3.8) is 0 Å². The van der Waals surface area contributed by atoms with Crippen LogP contribution in [0.4, 0.5) is 22.7 Å². The van der Waals surface area contributed by atoms with Gasteiger partial charge in [-0.2, -0.15) is 0 Å². The van der Waals surface area contributed by atoms with Crippen molar-refractivity contribution >= 4 is 84.8 Å². The van der Waals surface area contributed by atoms with E-state index in [1.807, 2.05) is 60.7 Å². The third-order valence-corrected chi connectivity index (χ3v) is 8.75. The number of benzene rings is 4. The molecule has 0 saturated carbocycles. The first kappa shape index (κ1) is 44.9. The van der Waals surface area contributed by atoms with Gasteiger partial charge >= 0.3 is 35.2 Å². The number of nitrogens with one attached hydrogen (secondary N) is 2. The molecule has 0 saturated heterocycles. The number of methoxy groups -OCH3 is 4. The summed E-state index contributed by atoms with van der Waals surface area (Å²) in [6, 6.07) is 22.6. The maximum absolute atomic E-state index is 11.4. The molecule has 6 aromatic rings. The first-order chi connectivity index (χ1) is 24.1. The summed E-state index contributed by atoms with van der Waals surface area (Å²) in [6.07, 6.45) is 2.94. The van der Waals surface area contributed by atoms with E-state index >= 15 is 0 Å². The largest absolute Gasteiger partial charge is 1.00 e. The maximum Gasteiger partial charge on any atom is 1.00 e. The van der Waals surface area contributed by atoms with E-state index in [-0.39, 0.29) is 52.5 Å². The van der Waals surface area contributed by atoms with Crippen molar-refractivity contribution in [2.75, 3.05) is 44.8 Å². The van der Waals surface area contributed by atoms with E-state index in [2.05, 4.69) is 52.5 Å². The molecule has 0 atom stereocenters. The van der Waals surface area contributed by atoms with E-state index in [9.17, 15) is 10.1 Å². The van der Waals surface area contributed by atoms with Crippen LogP contribution < -0.4 is 64.9 Å². The molecule has 0 amide bonds. The summed E-state index contributed by atoms with van der Waals surface area (Å²) in [5.74, 6) is 2.84. The first-order valence-electron chi connectivity index (χ1n) is 15.1. The zero-order valence-electron chi connectivity index (χ0n) is 30.2. The quantitative estimate of drug-likeness (QED) is 0.0785. The third-order valence-electron chi connectivity index (χ3n) is 7.77. The summed E-state index contributed by atoms with van der Waals surface area (Å²) in [4.78, 5) is 19.5. The SMILES string of the molecule is C.COc1ccc(CNc2c(N)cnc3cc(Br)ccc23)c(OC)c1.COc1ccc(CNc2c([N+](=O)[O-])cnc3cc(Br)ccc23)c(OC)c1.[B].[H-].[Na+]. The van der Waals surface area contributed by atoms with Crippen LogP contribution in [0.1, 0.15) is 20.0 Å². The van der Waals surface area contributed by atoms with Gasteiger partial charge in [0, 0.05) is 64.5 Å². The van der Waals surface area contributed by atoms with Gasteiger partial charge in [0.25, 0.3) is 0 Å². The Morgan fingerprint density at radius 1 is 0.717 bits per heavy atom. The molecule has 0 aliphatic rings. The molecule has 0 spiro atoms. The minimum absolute atomic E-state index is 0. The van der Waals surface area contributed by atoms with Crippen LogP contribution in [-0.2, 0) is 13.1 Å². The van der Waals surface area contributed by atoms with E-state index in [4.69, 9.17) is 24.7 Å². The summed E-state index contributed by atoms with van der Waals surface area (Å²) >= 11 is 6.85. The summed E-state index contributed by atoms with van der Waals surface area (Å²) in [5, 5.41) is 19.6. The smallest absolute Gasteiger partial charge is 1.00 e. The number of anilines is 3. The van der Waals surface area contributed by atoms with Crippen LogP contribution in [0.5, 0.6) is 23.0 Å². The van der Waals surface area contributed by atoms with Crippen molar-refractivity contribution in [3.05, 3.63) is 115 Å². The molecule has 0 bridgehead atoms. The van der Waals surface area contributed by atoms with E-state index in [0.717, 1.165) is 48.2 Å². The Morgan fingerprint density at radius 3 is 1.62 bits per heavy atom. The summed E-state index contributed by atoms with van der Waals surface area (Å²) in [7, 11) is 6.43. The minimum atomic E-state index is -0.442. The number of nitrogens with two attached hydrogens (primary N) is 1. The predicted molar refractivity (Wildman–Crippen MR) is 217 cm³/mol. The van der Waals surface area contributed by atoms with Gasteiger partial charge in [-0.05, 0) is 60.7 Å². The number of hydrogen-bond acceptors (Lipinski definition) is 11. The number of fused-ring (bicyclic) bond motifs is 2. The Kier molecular flexibility index (Phi) is 17.6. The fraction of sp³-hybridized carbons (Fsp3) is 0.189. The van der Waals surface area contributed by atoms with Crippen LogP contribution in [0.25, 0.3) is 21.8 Å². The molecule has 271 valence electrons. The van der Waals surface area contributed by atoms with Crippen molar-refractivity contribution in [1.82, 2.24) is 9.97 Å². The number of aromatic nitrogens is 2. The predicted octanol–water partition coefficient (Wildman–Crippen LogP) is 6.12. The monoisotopic (exact) mass is 855 g/mol. The molecule has 0 unspecified atom stereocenters. The molecule has 0 aliphatic carbocycles. The molecule has 4 aromatic carbocycles. The first-order valence-corrected chi connectivity index (χ1v) is 16.7. The fourth-order valence-electron chi connectivity index (χ4n) is 5.22. The molecule has 0 fully saturated rings. The number of pyridine rings is 2. The second-order valence-electron chi connectivity index (χ2n) is 10.7. The summed E-state index contributed by atoms with van der Waals surface area (Å²) < 4.78 is 23.1. The number of ether oxygens (including phenoxy) is 4. The molecule has 6 rings (SSSR count). The molecule has 4 N–H and O–H groups in total. The van der Waals surface area contributed by atoms with E-state index in [1.54, 1.807) is 46.8 Å². The molecule has 16 heteroatoms. The Morgan fingerprint density at radius 2 is 1.17 bits per heavy atom. The van der Waals surface area contributed by atoms with Gasteiger partial charge in [0.2, 0.25) is 0 Å². The molecular weight excluding hydrogens is 818 g/mol. The van der Waals surface area contributed by atoms with Gasteiger partial charge in [0.05, 0.1) is 62.0 Å². The van der Waals surface area contributed by atoms with Crippen molar-refractivity contribution in [3.8, 4) is 23.0 Å². The fourth-order valence-corrected chi connectivity index (χ4v) is 5.92. The van der Waals surface area contributed by atoms with E-state index in [0.29, 0.717) is 46.9 Å². The van der Waals surface area contributed by atoms with Crippen LogP contribution in [0.15, 0.2) is 94.1 Å². The molecule has 0 aliphatic heterocycles. The number of nitrogen functional groups attached to an aromatic ring is 1. The Labute approximate surface area is 350 Å². The third kappa shape index (κ3) is 10.9. The Hall–Kier alpha value is -4.28. The second kappa shape index (κ2) is 20.8. The zero-order valence-corrected chi connectivity index (χ0v) is 34.4. The number of nitro groups is 1. The van der Waals surface area contributed by atoms with Crippen LogP contribution in [0.3, 0.4) is 0 Å². The van der Waals surface area contributed by atoms with Crippen molar-refractivity contribution in [1.29, 1.82) is 0 Å². The standard InChI is InChI=1S/C18H16BrN3O4.C18H18BrN3O2.CH4.B.Na.H/c1-25-13-5-3-11(17(8-13)26-2)9-21-18-14-6-4-12(19)7-15(14)20-10-16(18)22(23)24;1-23-13-5-3-11(17(8-13)24-2)9-22-18-14-6-4-12(19)7-16(14)21-10-15(18)20;;;;/h3-8,10H,9H2,1-2H3,(H,20,21);3-8,10H,9,20H2,1-2H3,(H,21,22);1H4;;;/q;;;;+1;-1. The van der Waals surface area contributed by atoms with Gasteiger partial charge in [-0.25, -0.2) is 4.98 Å². The van der Waals surface area contributed by atoms with E-state index in [1.165, 1.54) is 6.20 Å². The van der Waals surface area contributed by atoms with Crippen molar-refractivity contribution < 1.29 is 54.9 Å². The van der Waals surface area contributed by atoms with Gasteiger partial charge < -0.3 is 36.7 Å². The molecule has 2 heterocycles. The average molecular weight is 857 g/mol. The summed E-state index contributed by atoms with van der Waals surface area (Å²) in [6.45, 7) is 0.926. The van der Waals surface area contributed by atoms with Crippen molar-refractivity contribution in [2.24, 2.45) is 0 Å². The van der Waals surface area contributed by atoms with Crippen LogP contribution >= 0.6 is 31.9 Å². The number of halogens is 2. The summed E-state index contributed by atoms with van der Waals surface area (Å²) in [5.41, 5.74) is 11.3. The maximum atomic E-state index is 11.4. The number of nitrogens with zero attached hydrogens (tertiary/aromatic N) is 3. The normalized spacial score (nSPS) is 10.0. The molecule has 12 nitrogen and oxygen atoms in total. The second-order valence-corrected chi connectivity index (χ2v) is 12.6. The molecule has 3 radical (unpaired) electrons. The van der Waals surface area contributed by atoms with Crippen LogP contribution in [0, 0.1) is 10.1 Å². The van der Waals surface area contributed by atoms with Gasteiger partial charge in [0.1, 0.15) is 34.9 Å². The Bertz CT molecular complexity index is 2190. The zero-order chi connectivity index (χ0) is 35.8. The van der Waals surface area contributed by atoms with Gasteiger partial charge in [-0.1, -0.05) is 39.3 Å². The topological polar surface area (TPSA) is 156 Å². The van der Waals surface area contributed by atoms with Crippen LogP contribution in [0.2, 0.25) is 0 Å². The number of rotatable bonds is 11. The van der Waals surface area contributed by atoms with Gasteiger partial charge in [0.15, 0.2) is 0 Å². The van der Waals surface area contributed by atoms with Crippen LogP contribution in [-0.4, -0.2) is 51.7 Å². The van der Waals surface area contributed by atoms with E-state index < -0.39 is 4.92 Å². The van der Waals surface area contributed by atoms with Gasteiger partial charge in [-0.3, -0.25) is 15.1 Å². The molecular formula is C37H39BBr2N6NaO6. The minimum Gasteiger partial charge on any atom is -1.00 e. The average Bonchev–Trinajstić information content (AvgIpc) is 3.13. The number of hydrogen-bond donors (Lipinski definition) is 3.